The maximum atomic E-state index is 11.2. The Morgan fingerprint density at radius 3 is 2.50 bits per heavy atom. The number of carbonyl (C=O) groups excluding carboxylic acids is 1. The highest BCUT2D eigenvalue weighted by atomic mass is 79.9. The fraction of sp³-hybridized carbons (Fsp3) is 0.294. The zero-order valence-corrected chi connectivity index (χ0v) is 15.4. The van der Waals surface area contributed by atoms with Crippen LogP contribution in [-0.4, -0.2) is 30.2 Å². The van der Waals surface area contributed by atoms with Crippen LogP contribution in [0.4, 0.5) is 0 Å². The number of carbonyl (C=O) groups is 2. The summed E-state index contributed by atoms with van der Waals surface area (Å²) in [6.45, 7) is 9.45. The predicted octanol–water partition coefficient (Wildman–Crippen LogP) is 3.36. The number of hydrogen-bond donors (Lipinski definition) is 2. The molecule has 130 valence electrons. The highest BCUT2D eigenvalue weighted by molar-refractivity contribution is 9.10. The number of nitrogens with one attached hydrogen (secondary N) is 1. The molecule has 0 unspecified atom stereocenters. The molecule has 0 saturated carbocycles. The predicted molar refractivity (Wildman–Crippen MR) is 95.0 cm³/mol. The van der Waals surface area contributed by atoms with Gasteiger partial charge in [-0.2, -0.15) is 0 Å². The van der Waals surface area contributed by atoms with E-state index in [0.29, 0.717) is 34.7 Å². The lowest BCUT2D eigenvalue weighted by Gasteiger charge is -2.15. The van der Waals surface area contributed by atoms with Gasteiger partial charge in [-0.3, -0.25) is 4.79 Å². The number of carboxylic acid groups (broad SMARTS) is 1. The number of hydrogen-bond acceptors (Lipinski definition) is 4. The molecule has 0 saturated heterocycles. The second-order valence-corrected chi connectivity index (χ2v) is 5.91. The van der Waals surface area contributed by atoms with E-state index < -0.39 is 11.9 Å². The third-order valence-corrected chi connectivity index (χ3v) is 3.24. The van der Waals surface area contributed by atoms with Gasteiger partial charge in [-0.25, -0.2) is 4.79 Å². The van der Waals surface area contributed by atoms with Gasteiger partial charge in [0.15, 0.2) is 11.5 Å². The largest absolute Gasteiger partial charge is 0.490 e. The summed E-state index contributed by atoms with van der Waals surface area (Å²) in [6.07, 6.45) is 1.35. The Kier molecular flexibility index (Phi) is 7.51. The minimum absolute atomic E-state index is 0.229. The number of carboxylic acids is 1. The molecule has 0 aromatic heterocycles. The van der Waals surface area contributed by atoms with Gasteiger partial charge in [0.1, 0.15) is 12.3 Å². The van der Waals surface area contributed by atoms with Crippen molar-refractivity contribution in [2.45, 2.75) is 20.8 Å². The maximum absolute atomic E-state index is 11.2. The Hall–Kier alpha value is -2.28. The van der Waals surface area contributed by atoms with E-state index >= 15 is 0 Å². The van der Waals surface area contributed by atoms with Crippen LogP contribution in [0.25, 0.3) is 6.08 Å². The summed E-state index contributed by atoms with van der Waals surface area (Å²) in [5.41, 5.74) is 1.17. The fourth-order valence-corrected chi connectivity index (χ4v) is 2.35. The molecule has 1 amide bonds. The molecule has 24 heavy (non-hydrogen) atoms. The molecule has 0 fully saturated rings. The minimum atomic E-state index is -1.23. The van der Waals surface area contributed by atoms with Crippen molar-refractivity contribution < 1.29 is 24.2 Å². The summed E-state index contributed by atoms with van der Waals surface area (Å²) in [7, 11) is 0. The monoisotopic (exact) mass is 397 g/mol. The quantitative estimate of drug-likeness (QED) is 0.518. The van der Waals surface area contributed by atoms with Crippen LogP contribution >= 0.6 is 15.9 Å². The van der Waals surface area contributed by atoms with Gasteiger partial charge in [-0.05, 0) is 59.1 Å². The van der Waals surface area contributed by atoms with Gasteiger partial charge in [0.2, 0.25) is 5.91 Å². The molecular formula is C17H20BrNO5. The van der Waals surface area contributed by atoms with Crippen molar-refractivity contribution in [3.8, 4) is 11.5 Å². The Bertz CT molecular complexity index is 682. The van der Waals surface area contributed by atoms with Crippen LogP contribution in [0.15, 0.2) is 34.5 Å². The standard InChI is InChI=1S/C17H20BrNO5/c1-5-23-15-8-12(7-14(17(21)22)19-11(4)20)6-13(18)16(15)24-9-10(2)3/h6-8H,2,5,9H2,1,3-4H3,(H,19,20)(H,21,22)/b14-7+. The zero-order chi connectivity index (χ0) is 18.3. The van der Waals surface area contributed by atoms with Crippen molar-refractivity contribution >= 4 is 33.9 Å². The van der Waals surface area contributed by atoms with Crippen molar-refractivity contribution in [3.05, 3.63) is 40.0 Å². The summed E-state index contributed by atoms with van der Waals surface area (Å²) in [5, 5.41) is 11.4. The molecule has 0 atom stereocenters. The maximum Gasteiger partial charge on any atom is 0.352 e. The molecule has 0 bridgehead atoms. The van der Waals surface area contributed by atoms with E-state index in [1.807, 2.05) is 13.8 Å². The topological polar surface area (TPSA) is 84.9 Å². The van der Waals surface area contributed by atoms with Crippen LogP contribution in [0.2, 0.25) is 0 Å². The van der Waals surface area contributed by atoms with Crippen LogP contribution < -0.4 is 14.8 Å². The molecule has 1 rings (SSSR count). The number of ether oxygens (including phenoxy) is 2. The molecule has 1 aromatic rings. The third kappa shape index (κ3) is 6.08. The van der Waals surface area contributed by atoms with E-state index in [2.05, 4.69) is 27.8 Å². The highest BCUT2D eigenvalue weighted by Crippen LogP contribution is 2.37. The molecule has 2 N–H and O–H groups in total. The molecule has 1 aromatic carbocycles. The molecule has 0 spiro atoms. The first-order chi connectivity index (χ1) is 11.2. The lowest BCUT2D eigenvalue weighted by Crippen LogP contribution is -2.24. The Balaban J connectivity index is 3.28. The van der Waals surface area contributed by atoms with E-state index in [0.717, 1.165) is 5.57 Å². The second kappa shape index (κ2) is 9.12. The summed E-state index contributed by atoms with van der Waals surface area (Å²) in [6, 6.07) is 3.33. The van der Waals surface area contributed by atoms with Gasteiger partial charge in [0.25, 0.3) is 0 Å². The van der Waals surface area contributed by atoms with E-state index in [-0.39, 0.29) is 5.70 Å². The first-order valence-electron chi connectivity index (χ1n) is 7.20. The molecule has 0 aliphatic rings. The van der Waals surface area contributed by atoms with E-state index in [9.17, 15) is 9.59 Å². The number of rotatable bonds is 8. The van der Waals surface area contributed by atoms with Gasteiger partial charge >= 0.3 is 5.97 Å². The van der Waals surface area contributed by atoms with Crippen LogP contribution in [0.3, 0.4) is 0 Å². The summed E-state index contributed by atoms with van der Waals surface area (Å²) in [5.74, 6) is -0.726. The van der Waals surface area contributed by atoms with Crippen molar-refractivity contribution in [2.24, 2.45) is 0 Å². The van der Waals surface area contributed by atoms with E-state index in [1.54, 1.807) is 12.1 Å². The molecular weight excluding hydrogens is 378 g/mol. The van der Waals surface area contributed by atoms with Gasteiger partial charge in [-0.1, -0.05) is 6.58 Å². The molecule has 0 aliphatic heterocycles. The smallest absolute Gasteiger partial charge is 0.352 e. The lowest BCUT2D eigenvalue weighted by atomic mass is 10.1. The SMILES string of the molecule is C=C(C)COc1c(Br)cc(/C=C(/NC(C)=O)C(=O)O)cc1OCC. The molecule has 7 heteroatoms. The Labute approximate surface area is 149 Å². The van der Waals surface area contributed by atoms with Crippen LogP contribution in [0.5, 0.6) is 11.5 Å². The van der Waals surface area contributed by atoms with Gasteiger partial charge in [-0.15, -0.1) is 0 Å². The number of benzene rings is 1. The second-order valence-electron chi connectivity index (χ2n) is 5.05. The molecule has 0 aliphatic carbocycles. The fourth-order valence-electron chi connectivity index (χ4n) is 1.78. The van der Waals surface area contributed by atoms with Gasteiger partial charge < -0.3 is 19.9 Å². The average molecular weight is 398 g/mol. The number of amides is 1. The summed E-state index contributed by atoms with van der Waals surface area (Å²) >= 11 is 3.40. The summed E-state index contributed by atoms with van der Waals surface area (Å²) < 4.78 is 11.8. The third-order valence-electron chi connectivity index (χ3n) is 2.65. The van der Waals surface area contributed by atoms with Gasteiger partial charge in [0, 0.05) is 6.92 Å². The highest BCUT2D eigenvalue weighted by Gasteiger charge is 2.14. The average Bonchev–Trinajstić information content (AvgIpc) is 2.45. The Morgan fingerprint density at radius 1 is 1.33 bits per heavy atom. The summed E-state index contributed by atoms with van der Waals surface area (Å²) in [4.78, 5) is 22.3. The molecule has 6 nitrogen and oxygen atoms in total. The first-order valence-corrected chi connectivity index (χ1v) is 8.00. The number of aliphatic carboxylic acids is 1. The van der Waals surface area contributed by atoms with Crippen molar-refractivity contribution in [1.82, 2.24) is 5.32 Å². The Morgan fingerprint density at radius 2 is 2.00 bits per heavy atom. The lowest BCUT2D eigenvalue weighted by molar-refractivity contribution is -0.134. The van der Waals surface area contributed by atoms with Crippen LogP contribution in [0, 0.1) is 0 Å². The van der Waals surface area contributed by atoms with Crippen molar-refractivity contribution in [3.63, 3.8) is 0 Å². The first kappa shape index (κ1) is 19.8. The molecule has 0 radical (unpaired) electrons. The van der Waals surface area contributed by atoms with Crippen LogP contribution in [-0.2, 0) is 9.59 Å². The van der Waals surface area contributed by atoms with Gasteiger partial charge in [0.05, 0.1) is 11.1 Å². The van der Waals surface area contributed by atoms with Crippen molar-refractivity contribution in [1.29, 1.82) is 0 Å². The van der Waals surface area contributed by atoms with E-state index in [1.165, 1.54) is 13.0 Å². The van der Waals surface area contributed by atoms with Crippen molar-refractivity contribution in [2.75, 3.05) is 13.2 Å². The minimum Gasteiger partial charge on any atom is -0.490 e. The normalized spacial score (nSPS) is 10.9. The zero-order valence-electron chi connectivity index (χ0n) is 13.8. The van der Waals surface area contributed by atoms with E-state index in [4.69, 9.17) is 14.6 Å². The number of halogens is 1. The van der Waals surface area contributed by atoms with Crippen LogP contribution in [0.1, 0.15) is 26.3 Å². The molecule has 0 heterocycles.